The lowest BCUT2D eigenvalue weighted by Crippen LogP contribution is -2.38. The van der Waals surface area contributed by atoms with Crippen molar-refractivity contribution in [3.8, 4) is 5.75 Å². The van der Waals surface area contributed by atoms with Crippen LogP contribution in [0.5, 0.6) is 5.75 Å². The number of rotatable bonds is 5. The molecule has 19 heavy (non-hydrogen) atoms. The maximum Gasteiger partial charge on any atom is 0.169 e. The summed E-state index contributed by atoms with van der Waals surface area (Å²) in [7, 11) is 1.51. The standard InChI is InChI=1S/C15H22FNOS/c1-4-17-14(15(2)9-6-10-19-15)11-7-5-8-12(18-3)13(11)16/h5,7-8,14,17H,4,6,9-10H2,1-3H3. The van der Waals surface area contributed by atoms with Crippen molar-refractivity contribution in [2.75, 3.05) is 19.4 Å². The molecular formula is C15H22FNOS. The van der Waals surface area contributed by atoms with E-state index in [0.29, 0.717) is 5.75 Å². The van der Waals surface area contributed by atoms with Gasteiger partial charge in [-0.15, -0.1) is 0 Å². The van der Waals surface area contributed by atoms with Gasteiger partial charge in [0, 0.05) is 16.4 Å². The molecule has 0 bridgehead atoms. The van der Waals surface area contributed by atoms with Gasteiger partial charge in [0.1, 0.15) is 0 Å². The topological polar surface area (TPSA) is 21.3 Å². The highest BCUT2D eigenvalue weighted by Gasteiger charge is 2.39. The molecule has 1 fully saturated rings. The normalized spacial score (nSPS) is 24.4. The van der Waals surface area contributed by atoms with Crippen LogP contribution in [-0.2, 0) is 0 Å². The van der Waals surface area contributed by atoms with E-state index in [9.17, 15) is 4.39 Å². The number of methoxy groups -OCH3 is 1. The predicted octanol–water partition coefficient (Wildman–Crippen LogP) is 3.77. The largest absolute Gasteiger partial charge is 0.494 e. The van der Waals surface area contributed by atoms with Crippen LogP contribution >= 0.6 is 11.8 Å². The molecule has 0 spiro atoms. The number of ether oxygens (including phenoxy) is 1. The van der Waals surface area contributed by atoms with Crippen molar-refractivity contribution in [2.45, 2.75) is 37.5 Å². The lowest BCUT2D eigenvalue weighted by Gasteiger charge is -2.34. The summed E-state index contributed by atoms with van der Waals surface area (Å²) in [5.41, 5.74) is 0.720. The van der Waals surface area contributed by atoms with Gasteiger partial charge in [-0.25, -0.2) is 4.39 Å². The van der Waals surface area contributed by atoms with Crippen molar-refractivity contribution in [2.24, 2.45) is 0 Å². The van der Waals surface area contributed by atoms with Crippen molar-refractivity contribution in [1.82, 2.24) is 5.32 Å². The first kappa shape index (κ1) is 14.7. The van der Waals surface area contributed by atoms with Crippen LogP contribution < -0.4 is 10.1 Å². The Morgan fingerprint density at radius 3 is 2.89 bits per heavy atom. The first-order valence-corrected chi connectivity index (χ1v) is 7.80. The molecule has 1 aliphatic rings. The summed E-state index contributed by atoms with van der Waals surface area (Å²) in [6.07, 6.45) is 2.32. The van der Waals surface area contributed by atoms with Crippen LogP contribution in [0.4, 0.5) is 4.39 Å². The second kappa shape index (κ2) is 6.14. The fourth-order valence-corrected chi connectivity index (χ4v) is 4.22. The van der Waals surface area contributed by atoms with E-state index < -0.39 is 0 Å². The molecule has 0 aromatic heterocycles. The first-order chi connectivity index (χ1) is 9.12. The quantitative estimate of drug-likeness (QED) is 0.889. The number of halogens is 1. The number of hydrogen-bond donors (Lipinski definition) is 1. The summed E-state index contributed by atoms with van der Waals surface area (Å²) in [5.74, 6) is 1.25. The number of thioether (sulfide) groups is 1. The van der Waals surface area contributed by atoms with Crippen LogP contribution in [0, 0.1) is 5.82 Å². The maximum absolute atomic E-state index is 14.5. The van der Waals surface area contributed by atoms with Gasteiger partial charge in [0.15, 0.2) is 11.6 Å². The average Bonchev–Trinajstić information content (AvgIpc) is 2.85. The lowest BCUT2D eigenvalue weighted by atomic mass is 9.89. The van der Waals surface area contributed by atoms with Gasteiger partial charge in [0.2, 0.25) is 0 Å². The Hall–Kier alpha value is -0.740. The first-order valence-electron chi connectivity index (χ1n) is 6.82. The molecule has 2 rings (SSSR count). The van der Waals surface area contributed by atoms with E-state index in [4.69, 9.17) is 4.74 Å². The van der Waals surface area contributed by atoms with Crippen molar-refractivity contribution in [3.63, 3.8) is 0 Å². The summed E-state index contributed by atoms with van der Waals surface area (Å²) in [6.45, 7) is 5.13. The Balaban J connectivity index is 2.39. The van der Waals surface area contributed by atoms with Gasteiger partial charge in [-0.3, -0.25) is 0 Å². The Kier molecular flexibility index (Phi) is 4.74. The molecule has 1 saturated heterocycles. The average molecular weight is 283 g/mol. The predicted molar refractivity (Wildman–Crippen MR) is 79.5 cm³/mol. The minimum absolute atomic E-state index is 0.0279. The zero-order valence-electron chi connectivity index (χ0n) is 11.8. The molecular weight excluding hydrogens is 261 g/mol. The second-order valence-corrected chi connectivity index (χ2v) is 6.75. The number of hydrogen-bond acceptors (Lipinski definition) is 3. The van der Waals surface area contributed by atoms with E-state index >= 15 is 0 Å². The van der Waals surface area contributed by atoms with Gasteiger partial charge in [-0.1, -0.05) is 19.1 Å². The van der Waals surface area contributed by atoms with E-state index in [1.165, 1.54) is 13.5 Å². The molecule has 2 atom stereocenters. The Bertz CT molecular complexity index is 432. The van der Waals surface area contributed by atoms with Gasteiger partial charge in [0.05, 0.1) is 7.11 Å². The fraction of sp³-hybridized carbons (Fsp3) is 0.600. The Morgan fingerprint density at radius 2 is 2.32 bits per heavy atom. The highest BCUT2D eigenvalue weighted by atomic mass is 32.2. The van der Waals surface area contributed by atoms with Crippen LogP contribution in [0.3, 0.4) is 0 Å². The summed E-state index contributed by atoms with van der Waals surface area (Å²) < 4.78 is 19.7. The molecule has 1 aliphatic heterocycles. The Morgan fingerprint density at radius 1 is 1.53 bits per heavy atom. The number of nitrogens with one attached hydrogen (secondary N) is 1. The molecule has 4 heteroatoms. The van der Waals surface area contributed by atoms with Gasteiger partial charge in [0.25, 0.3) is 0 Å². The highest BCUT2D eigenvalue weighted by molar-refractivity contribution is 8.00. The molecule has 0 saturated carbocycles. The van der Waals surface area contributed by atoms with Crippen molar-refractivity contribution < 1.29 is 9.13 Å². The molecule has 0 aliphatic carbocycles. The van der Waals surface area contributed by atoms with Crippen LogP contribution in [0.1, 0.15) is 38.3 Å². The molecule has 0 amide bonds. The van der Waals surface area contributed by atoms with Gasteiger partial charge in [-0.05, 0) is 38.1 Å². The number of benzene rings is 1. The van der Waals surface area contributed by atoms with E-state index in [1.54, 1.807) is 6.07 Å². The van der Waals surface area contributed by atoms with Gasteiger partial charge >= 0.3 is 0 Å². The van der Waals surface area contributed by atoms with Crippen LogP contribution in [-0.4, -0.2) is 24.2 Å². The SMILES string of the molecule is CCNC(c1cccc(OC)c1F)C1(C)CCCS1. The minimum atomic E-state index is -0.232. The van der Waals surface area contributed by atoms with Gasteiger partial charge < -0.3 is 10.1 Å². The van der Waals surface area contributed by atoms with Gasteiger partial charge in [-0.2, -0.15) is 11.8 Å². The second-order valence-electron chi connectivity index (χ2n) is 5.12. The smallest absolute Gasteiger partial charge is 0.169 e. The third-order valence-electron chi connectivity index (χ3n) is 3.79. The Labute approximate surface area is 119 Å². The third kappa shape index (κ3) is 2.90. The molecule has 1 heterocycles. The molecule has 2 unspecified atom stereocenters. The zero-order valence-corrected chi connectivity index (χ0v) is 12.6. The third-order valence-corrected chi connectivity index (χ3v) is 5.38. The van der Waals surface area contributed by atoms with Crippen LogP contribution in [0.2, 0.25) is 0 Å². The van der Waals surface area contributed by atoms with E-state index in [1.807, 2.05) is 23.9 Å². The lowest BCUT2D eigenvalue weighted by molar-refractivity contribution is 0.367. The summed E-state index contributed by atoms with van der Waals surface area (Å²) >= 11 is 1.94. The van der Waals surface area contributed by atoms with Crippen molar-refractivity contribution in [3.05, 3.63) is 29.6 Å². The monoisotopic (exact) mass is 283 g/mol. The highest BCUT2D eigenvalue weighted by Crippen LogP contribution is 2.47. The summed E-state index contributed by atoms with van der Waals surface area (Å²) in [6, 6.07) is 5.44. The van der Waals surface area contributed by atoms with E-state index in [-0.39, 0.29) is 16.6 Å². The van der Waals surface area contributed by atoms with Crippen molar-refractivity contribution >= 4 is 11.8 Å². The molecule has 1 N–H and O–H groups in total. The maximum atomic E-state index is 14.5. The van der Waals surface area contributed by atoms with E-state index in [0.717, 1.165) is 24.3 Å². The molecule has 1 aromatic rings. The van der Waals surface area contributed by atoms with Crippen molar-refractivity contribution in [1.29, 1.82) is 0 Å². The fourth-order valence-electron chi connectivity index (χ4n) is 2.80. The molecule has 2 nitrogen and oxygen atoms in total. The minimum Gasteiger partial charge on any atom is -0.494 e. The van der Waals surface area contributed by atoms with E-state index in [2.05, 4.69) is 19.2 Å². The van der Waals surface area contributed by atoms with Crippen LogP contribution in [0.25, 0.3) is 0 Å². The summed E-state index contributed by atoms with van der Waals surface area (Å²) in [4.78, 5) is 0. The molecule has 106 valence electrons. The summed E-state index contributed by atoms with van der Waals surface area (Å²) in [5, 5.41) is 3.46. The molecule has 1 aromatic carbocycles. The zero-order chi connectivity index (χ0) is 13.9. The van der Waals surface area contributed by atoms with Crippen LogP contribution in [0.15, 0.2) is 18.2 Å². The molecule has 0 radical (unpaired) electrons.